The van der Waals surface area contributed by atoms with E-state index in [1.54, 1.807) is 31.4 Å². The second kappa shape index (κ2) is 9.69. The number of anilines is 2. The number of hydrogen-bond donors (Lipinski definition) is 1. The van der Waals surface area contributed by atoms with Gasteiger partial charge in [0.1, 0.15) is 12.4 Å². The summed E-state index contributed by atoms with van der Waals surface area (Å²) in [5.41, 5.74) is 2.52. The molecule has 134 valence electrons. The predicted molar refractivity (Wildman–Crippen MR) is 102 cm³/mol. The summed E-state index contributed by atoms with van der Waals surface area (Å²) in [6.45, 7) is 7.19. The number of carbonyl (C=O) groups excluding carboxylic acids is 1. The van der Waals surface area contributed by atoms with Crippen LogP contribution in [0.4, 0.5) is 11.4 Å². The van der Waals surface area contributed by atoms with E-state index in [-0.39, 0.29) is 5.91 Å². The largest absolute Gasteiger partial charge is 0.491 e. The van der Waals surface area contributed by atoms with Crippen LogP contribution in [0.5, 0.6) is 5.75 Å². The van der Waals surface area contributed by atoms with Crippen molar-refractivity contribution in [3.63, 3.8) is 0 Å². The summed E-state index contributed by atoms with van der Waals surface area (Å²) in [4.78, 5) is 14.6. The van der Waals surface area contributed by atoms with Gasteiger partial charge in [-0.25, -0.2) is 0 Å². The first kappa shape index (κ1) is 18.8. The van der Waals surface area contributed by atoms with Gasteiger partial charge in [0.25, 0.3) is 5.91 Å². The number of methoxy groups -OCH3 is 1. The summed E-state index contributed by atoms with van der Waals surface area (Å²) in [7, 11) is 1.63. The van der Waals surface area contributed by atoms with Gasteiger partial charge in [0.2, 0.25) is 0 Å². The topological polar surface area (TPSA) is 50.8 Å². The SMILES string of the molecule is CCN(CC)c1ccc(NC(=O)c2ccc(OCCOC)cc2)cc1. The van der Waals surface area contributed by atoms with Crippen LogP contribution in [-0.2, 0) is 4.74 Å². The molecule has 0 aliphatic heterocycles. The molecule has 25 heavy (non-hydrogen) atoms. The number of rotatable bonds is 9. The highest BCUT2D eigenvalue weighted by atomic mass is 16.5. The monoisotopic (exact) mass is 342 g/mol. The van der Waals surface area contributed by atoms with E-state index in [0.717, 1.165) is 30.2 Å². The number of hydrogen-bond acceptors (Lipinski definition) is 4. The summed E-state index contributed by atoms with van der Waals surface area (Å²) < 4.78 is 10.4. The minimum atomic E-state index is -0.140. The van der Waals surface area contributed by atoms with Crippen LogP contribution in [0.1, 0.15) is 24.2 Å². The highest BCUT2D eigenvalue weighted by Gasteiger charge is 2.07. The van der Waals surface area contributed by atoms with Gasteiger partial charge < -0.3 is 19.7 Å². The molecule has 1 amide bonds. The highest BCUT2D eigenvalue weighted by molar-refractivity contribution is 6.04. The third-order valence-corrected chi connectivity index (χ3v) is 3.93. The number of nitrogens with zero attached hydrogens (tertiary/aromatic N) is 1. The maximum Gasteiger partial charge on any atom is 0.255 e. The second-order valence-electron chi connectivity index (χ2n) is 5.54. The normalized spacial score (nSPS) is 10.4. The van der Waals surface area contributed by atoms with Crippen molar-refractivity contribution in [3.8, 4) is 5.75 Å². The Kier molecular flexibility index (Phi) is 7.29. The summed E-state index contributed by atoms with van der Waals surface area (Å²) in [5.74, 6) is 0.580. The molecule has 0 fully saturated rings. The average Bonchev–Trinajstić information content (AvgIpc) is 2.65. The fourth-order valence-electron chi connectivity index (χ4n) is 2.49. The van der Waals surface area contributed by atoms with Gasteiger partial charge in [-0.1, -0.05) is 0 Å². The number of amides is 1. The van der Waals surface area contributed by atoms with E-state index in [2.05, 4.69) is 24.1 Å². The van der Waals surface area contributed by atoms with E-state index >= 15 is 0 Å². The van der Waals surface area contributed by atoms with E-state index < -0.39 is 0 Å². The van der Waals surface area contributed by atoms with Gasteiger partial charge in [0.15, 0.2) is 0 Å². The maximum atomic E-state index is 12.3. The molecule has 0 spiro atoms. The Balaban J connectivity index is 1.95. The predicted octanol–water partition coefficient (Wildman–Crippen LogP) is 3.81. The third-order valence-electron chi connectivity index (χ3n) is 3.93. The zero-order chi connectivity index (χ0) is 18.1. The number of benzene rings is 2. The summed E-state index contributed by atoms with van der Waals surface area (Å²) >= 11 is 0. The highest BCUT2D eigenvalue weighted by Crippen LogP contribution is 2.19. The second-order valence-corrected chi connectivity index (χ2v) is 5.54. The minimum absolute atomic E-state index is 0.140. The van der Waals surface area contributed by atoms with Crippen LogP contribution < -0.4 is 15.0 Å². The lowest BCUT2D eigenvalue weighted by Gasteiger charge is -2.21. The van der Waals surface area contributed by atoms with Crippen LogP contribution in [0.3, 0.4) is 0 Å². The molecule has 0 bridgehead atoms. The van der Waals surface area contributed by atoms with E-state index in [9.17, 15) is 4.79 Å². The van der Waals surface area contributed by atoms with E-state index in [0.29, 0.717) is 18.8 Å². The Morgan fingerprint density at radius 1 is 0.960 bits per heavy atom. The molecule has 2 rings (SSSR count). The molecule has 2 aromatic carbocycles. The van der Waals surface area contributed by atoms with Crippen molar-refractivity contribution in [1.29, 1.82) is 0 Å². The van der Waals surface area contributed by atoms with E-state index in [1.165, 1.54) is 0 Å². The van der Waals surface area contributed by atoms with E-state index in [1.807, 2.05) is 24.3 Å². The molecule has 0 unspecified atom stereocenters. The first-order chi connectivity index (χ1) is 12.2. The van der Waals surface area contributed by atoms with Gasteiger partial charge >= 0.3 is 0 Å². The van der Waals surface area contributed by atoms with Crippen LogP contribution in [0.2, 0.25) is 0 Å². The Hall–Kier alpha value is -2.53. The third kappa shape index (κ3) is 5.50. The molecule has 5 heteroatoms. The summed E-state index contributed by atoms with van der Waals surface area (Å²) in [6.07, 6.45) is 0. The number of nitrogens with one attached hydrogen (secondary N) is 1. The minimum Gasteiger partial charge on any atom is -0.491 e. The van der Waals surface area contributed by atoms with Gasteiger partial charge in [0, 0.05) is 37.1 Å². The molecule has 0 aliphatic carbocycles. The van der Waals surface area contributed by atoms with Crippen molar-refractivity contribution in [1.82, 2.24) is 0 Å². The molecule has 0 radical (unpaired) electrons. The lowest BCUT2D eigenvalue weighted by atomic mass is 10.2. The summed E-state index contributed by atoms with van der Waals surface area (Å²) in [6, 6.07) is 15.0. The van der Waals surface area contributed by atoms with Crippen molar-refractivity contribution >= 4 is 17.3 Å². The average molecular weight is 342 g/mol. The molecule has 0 saturated heterocycles. The van der Waals surface area contributed by atoms with Crippen LogP contribution in [-0.4, -0.2) is 39.3 Å². The first-order valence-electron chi connectivity index (χ1n) is 8.56. The van der Waals surface area contributed by atoms with Crippen LogP contribution >= 0.6 is 0 Å². The standard InChI is InChI=1S/C20H26N2O3/c1-4-22(5-2)18-10-8-17(9-11-18)21-20(23)16-6-12-19(13-7-16)25-15-14-24-3/h6-13H,4-5,14-15H2,1-3H3,(H,21,23). The molecular formula is C20H26N2O3. The van der Waals surface area contributed by atoms with Crippen LogP contribution in [0.15, 0.2) is 48.5 Å². The quantitative estimate of drug-likeness (QED) is 0.704. The molecular weight excluding hydrogens is 316 g/mol. The Bertz CT molecular complexity index is 650. The van der Waals surface area contributed by atoms with Crippen molar-refractivity contribution in [2.24, 2.45) is 0 Å². The van der Waals surface area contributed by atoms with Crippen molar-refractivity contribution in [3.05, 3.63) is 54.1 Å². The Labute approximate surface area is 149 Å². The van der Waals surface area contributed by atoms with Gasteiger partial charge in [-0.3, -0.25) is 4.79 Å². The molecule has 0 heterocycles. The fraction of sp³-hybridized carbons (Fsp3) is 0.350. The fourth-order valence-corrected chi connectivity index (χ4v) is 2.49. The Morgan fingerprint density at radius 2 is 1.60 bits per heavy atom. The molecule has 0 aromatic heterocycles. The molecule has 0 atom stereocenters. The zero-order valence-corrected chi connectivity index (χ0v) is 15.1. The maximum absolute atomic E-state index is 12.3. The lowest BCUT2D eigenvalue weighted by Crippen LogP contribution is -2.21. The van der Waals surface area contributed by atoms with Gasteiger partial charge in [-0.05, 0) is 62.4 Å². The molecule has 2 aromatic rings. The van der Waals surface area contributed by atoms with Gasteiger partial charge in [-0.2, -0.15) is 0 Å². The lowest BCUT2D eigenvalue weighted by molar-refractivity contribution is 0.102. The van der Waals surface area contributed by atoms with Crippen LogP contribution in [0.25, 0.3) is 0 Å². The first-order valence-corrected chi connectivity index (χ1v) is 8.56. The van der Waals surface area contributed by atoms with Crippen molar-refractivity contribution in [2.45, 2.75) is 13.8 Å². The van der Waals surface area contributed by atoms with Crippen LogP contribution in [0, 0.1) is 0 Å². The smallest absolute Gasteiger partial charge is 0.255 e. The van der Waals surface area contributed by atoms with Crippen molar-refractivity contribution in [2.75, 3.05) is 43.6 Å². The molecule has 5 nitrogen and oxygen atoms in total. The van der Waals surface area contributed by atoms with E-state index in [4.69, 9.17) is 9.47 Å². The molecule has 0 aliphatic rings. The molecule has 0 saturated carbocycles. The zero-order valence-electron chi connectivity index (χ0n) is 15.1. The molecule has 1 N–H and O–H groups in total. The Morgan fingerprint density at radius 3 is 2.16 bits per heavy atom. The van der Waals surface area contributed by atoms with Gasteiger partial charge in [-0.15, -0.1) is 0 Å². The summed E-state index contributed by atoms with van der Waals surface area (Å²) in [5, 5.41) is 2.91. The number of ether oxygens (including phenoxy) is 2. The van der Waals surface area contributed by atoms with Crippen molar-refractivity contribution < 1.29 is 14.3 Å². The van der Waals surface area contributed by atoms with Gasteiger partial charge in [0.05, 0.1) is 6.61 Å². The number of carbonyl (C=O) groups is 1.